The molecule has 0 saturated carbocycles. The molecule has 0 spiro atoms. The van der Waals surface area contributed by atoms with Crippen molar-refractivity contribution in [2.75, 3.05) is 5.08 Å². The van der Waals surface area contributed by atoms with Crippen LogP contribution in [0.25, 0.3) is 0 Å². The Morgan fingerprint density at radius 1 is 0.800 bits per heavy atom. The number of aliphatic carboxylic acids is 2. The first-order valence-electron chi connectivity index (χ1n) is 2.71. The number of carbonyl (C=O) groups is 2. The third-order valence-electron chi connectivity index (χ3n) is 0.481. The van der Waals surface area contributed by atoms with Crippen LogP contribution in [0.1, 0.15) is 0 Å². The molecule has 0 amide bonds. The predicted molar refractivity (Wildman–Crippen MR) is 43.2 cm³/mol. The molecule has 90 valence electrons. The lowest BCUT2D eigenvalue weighted by Crippen LogP contribution is -2.13. The van der Waals surface area contributed by atoms with E-state index in [1.54, 1.807) is 0 Å². The molecular weight excluding hydrogens is 260 g/mol. The third kappa shape index (κ3) is 19.3. The van der Waals surface area contributed by atoms with Crippen LogP contribution in [-0.4, -0.2) is 53.2 Å². The van der Waals surface area contributed by atoms with E-state index >= 15 is 0 Å². The van der Waals surface area contributed by atoms with Crippen molar-refractivity contribution in [2.24, 2.45) is 0 Å². The van der Waals surface area contributed by atoms with Crippen LogP contribution in [0.2, 0.25) is 0 Å². The third-order valence-corrected chi connectivity index (χ3v) is 2.86. The van der Waals surface area contributed by atoms with Crippen LogP contribution in [0.5, 0.6) is 0 Å². The summed E-state index contributed by atoms with van der Waals surface area (Å²) < 4.78 is 54.2. The molecule has 0 saturated heterocycles. The molecule has 0 aromatic heterocycles. The van der Waals surface area contributed by atoms with Gasteiger partial charge in [-0.1, -0.05) is 0 Å². The molecule has 0 fully saturated rings. The zero-order valence-corrected chi connectivity index (χ0v) is 8.39. The van der Waals surface area contributed by atoms with Crippen molar-refractivity contribution < 1.29 is 45.7 Å². The van der Waals surface area contributed by atoms with Crippen molar-refractivity contribution >= 4 is 32.2 Å². The molecular formula is C3H6O10S2. The summed E-state index contributed by atoms with van der Waals surface area (Å²) in [6, 6.07) is 0. The Hall–Kier alpha value is -1.24. The van der Waals surface area contributed by atoms with Crippen molar-refractivity contribution in [1.29, 1.82) is 0 Å². The first-order valence-corrected chi connectivity index (χ1v) is 5.93. The van der Waals surface area contributed by atoms with Gasteiger partial charge in [-0.15, -0.1) is 0 Å². The van der Waals surface area contributed by atoms with Gasteiger partial charge in [0.25, 0.3) is 20.2 Å². The number of hydrogen-bond acceptors (Lipinski definition) is 6. The molecule has 10 nitrogen and oxygen atoms in total. The lowest BCUT2D eigenvalue weighted by Gasteiger charge is -1.89. The molecule has 0 atom stereocenters. The van der Waals surface area contributed by atoms with E-state index in [2.05, 4.69) is 0 Å². The summed E-state index contributed by atoms with van der Waals surface area (Å²) in [5.41, 5.74) is 0. The largest absolute Gasteiger partial charge is 0.473 e. The summed E-state index contributed by atoms with van der Waals surface area (Å²) >= 11 is 0. The van der Waals surface area contributed by atoms with Gasteiger partial charge in [0.1, 0.15) is 0 Å². The molecule has 0 aliphatic carbocycles. The maximum atomic E-state index is 9.66. The fourth-order valence-electron chi connectivity index (χ4n) is 0.188. The van der Waals surface area contributed by atoms with Gasteiger partial charge < -0.3 is 10.2 Å². The van der Waals surface area contributed by atoms with E-state index in [1.165, 1.54) is 0 Å². The lowest BCUT2D eigenvalue weighted by molar-refractivity contribution is -0.159. The molecule has 0 aromatic rings. The summed E-state index contributed by atoms with van der Waals surface area (Å²) in [6.07, 6.45) is 0. The highest BCUT2D eigenvalue weighted by molar-refractivity contribution is 8.02. The second-order valence-corrected chi connectivity index (χ2v) is 5.16. The Kier molecular flexibility index (Phi) is 6.04. The Morgan fingerprint density at radius 3 is 1.00 bits per heavy atom. The molecule has 0 rings (SSSR count). The number of rotatable bonds is 2. The molecule has 0 aliphatic rings. The summed E-state index contributed by atoms with van der Waals surface area (Å²) in [5, 5.41) is 13.1. The molecule has 4 N–H and O–H groups in total. The van der Waals surface area contributed by atoms with Crippen LogP contribution in [0.3, 0.4) is 0 Å². The van der Waals surface area contributed by atoms with Gasteiger partial charge in [0.2, 0.25) is 5.08 Å². The van der Waals surface area contributed by atoms with E-state index < -0.39 is 37.3 Å². The van der Waals surface area contributed by atoms with E-state index in [0.717, 1.165) is 0 Å². The zero-order chi connectivity index (χ0) is 12.9. The molecule has 0 unspecified atom stereocenters. The summed E-state index contributed by atoms with van der Waals surface area (Å²) in [6.45, 7) is 0. The van der Waals surface area contributed by atoms with Gasteiger partial charge in [-0.3, -0.25) is 9.11 Å². The highest BCUT2D eigenvalue weighted by Gasteiger charge is 2.15. The monoisotopic (exact) mass is 266 g/mol. The van der Waals surface area contributed by atoms with Gasteiger partial charge in [0.15, 0.2) is 0 Å². The smallest absolute Gasteiger partial charge is 0.414 e. The number of carboxylic acids is 2. The topological polar surface area (TPSA) is 183 Å². The van der Waals surface area contributed by atoms with E-state index in [4.69, 9.17) is 28.9 Å². The van der Waals surface area contributed by atoms with Crippen molar-refractivity contribution in [1.82, 2.24) is 0 Å². The van der Waals surface area contributed by atoms with Gasteiger partial charge in [-0.25, -0.2) is 9.59 Å². The van der Waals surface area contributed by atoms with Crippen LogP contribution in [0.4, 0.5) is 0 Å². The van der Waals surface area contributed by atoms with E-state index in [1.807, 2.05) is 0 Å². The summed E-state index contributed by atoms with van der Waals surface area (Å²) in [4.78, 5) is 18.2. The quantitative estimate of drug-likeness (QED) is 0.318. The van der Waals surface area contributed by atoms with Crippen LogP contribution >= 0.6 is 0 Å². The fourth-order valence-corrected chi connectivity index (χ4v) is 1.69. The molecule has 0 heterocycles. The van der Waals surface area contributed by atoms with Crippen molar-refractivity contribution in [2.45, 2.75) is 0 Å². The Morgan fingerprint density at radius 2 is 1.00 bits per heavy atom. The molecule has 0 aromatic carbocycles. The number of carboxylic acid groups (broad SMARTS) is 2. The van der Waals surface area contributed by atoms with E-state index in [9.17, 15) is 16.8 Å². The minimum atomic E-state index is -4.62. The van der Waals surface area contributed by atoms with Crippen molar-refractivity contribution in [3.8, 4) is 0 Å². The van der Waals surface area contributed by atoms with Crippen LogP contribution < -0.4 is 0 Å². The maximum absolute atomic E-state index is 9.66. The average molecular weight is 266 g/mol. The van der Waals surface area contributed by atoms with Crippen LogP contribution in [-0.2, 0) is 29.8 Å². The molecule has 0 aliphatic heterocycles. The second-order valence-electron chi connectivity index (χ2n) is 1.89. The molecule has 12 heteroatoms. The Labute approximate surface area is 83.6 Å². The van der Waals surface area contributed by atoms with Gasteiger partial charge in [0, 0.05) is 0 Å². The van der Waals surface area contributed by atoms with Gasteiger partial charge in [0.05, 0.1) is 0 Å². The first kappa shape index (κ1) is 16.2. The Balaban J connectivity index is 0. The Bertz CT molecular complexity index is 383. The molecule has 15 heavy (non-hydrogen) atoms. The summed E-state index contributed by atoms with van der Waals surface area (Å²) in [5.74, 6) is -3.65. The predicted octanol–water partition coefficient (Wildman–Crippen LogP) is -2.12. The van der Waals surface area contributed by atoms with Gasteiger partial charge >= 0.3 is 11.9 Å². The van der Waals surface area contributed by atoms with Crippen molar-refractivity contribution in [3.05, 3.63) is 0 Å². The lowest BCUT2D eigenvalue weighted by atomic mass is 10.7. The second kappa shape index (κ2) is 5.59. The van der Waals surface area contributed by atoms with Crippen LogP contribution in [0.15, 0.2) is 0 Å². The van der Waals surface area contributed by atoms with Gasteiger partial charge in [-0.2, -0.15) is 16.8 Å². The van der Waals surface area contributed by atoms with Crippen molar-refractivity contribution in [3.63, 3.8) is 0 Å². The fraction of sp³-hybridized carbons (Fsp3) is 0.333. The molecule has 0 bridgehead atoms. The summed E-state index contributed by atoms with van der Waals surface area (Å²) in [7, 11) is -9.24. The van der Waals surface area contributed by atoms with E-state index in [-0.39, 0.29) is 0 Å². The minimum Gasteiger partial charge on any atom is -0.473 e. The van der Waals surface area contributed by atoms with Gasteiger partial charge in [-0.05, 0) is 0 Å². The van der Waals surface area contributed by atoms with Crippen LogP contribution in [0, 0.1) is 0 Å². The highest BCUT2D eigenvalue weighted by atomic mass is 32.3. The minimum absolute atomic E-state index is 1.65. The average Bonchev–Trinajstić information content (AvgIpc) is 1.78. The molecule has 0 radical (unpaired) electrons. The van der Waals surface area contributed by atoms with E-state index in [0.29, 0.717) is 0 Å². The first-order chi connectivity index (χ1) is 6.35. The zero-order valence-electron chi connectivity index (χ0n) is 6.76. The normalized spacial score (nSPS) is 11.1. The number of hydrogen-bond donors (Lipinski definition) is 4. The standard InChI is InChI=1S/C2H2O4.CH4O6S2/c3-1(4)2(5)6;2-8(3,4)1-9(5,6)7/h(H,3,4)(H,5,6);1H2,(H,2,3,4)(H,5,6,7). The SMILES string of the molecule is O=C(O)C(=O)O.O=S(=O)(O)CS(=O)(=O)O. The maximum Gasteiger partial charge on any atom is 0.414 e. The highest BCUT2D eigenvalue weighted by Crippen LogP contribution is 1.88.